The molecule has 0 spiro atoms. The van der Waals surface area contributed by atoms with E-state index < -0.39 is 0 Å². The Morgan fingerprint density at radius 2 is 2.10 bits per heavy atom. The van der Waals surface area contributed by atoms with Gasteiger partial charge in [-0.25, -0.2) is 0 Å². The van der Waals surface area contributed by atoms with E-state index in [9.17, 15) is 0 Å². The van der Waals surface area contributed by atoms with Gasteiger partial charge < -0.3 is 5.11 Å². The van der Waals surface area contributed by atoms with Crippen molar-refractivity contribution in [1.82, 2.24) is 0 Å². The van der Waals surface area contributed by atoms with Gasteiger partial charge in [0.05, 0.1) is 6.61 Å². The molecule has 0 heterocycles. The largest absolute Gasteiger partial charge is 0.392 e. The van der Waals surface area contributed by atoms with Gasteiger partial charge in [-0.15, -0.1) is 0 Å². The van der Waals surface area contributed by atoms with Crippen molar-refractivity contribution in [3.63, 3.8) is 0 Å². The summed E-state index contributed by atoms with van der Waals surface area (Å²) < 4.78 is 0. The molecule has 0 atom stereocenters. The standard InChI is InChI=1S/C8H10BO/c1-9-8-5-3-2-4-7(8)6-10/h2-5,10H,6H2,1H3. The molecule has 0 aliphatic heterocycles. The van der Waals surface area contributed by atoms with Crippen LogP contribution in [0, 0.1) is 0 Å². The summed E-state index contributed by atoms with van der Waals surface area (Å²) in [5, 5.41) is 8.83. The van der Waals surface area contributed by atoms with Crippen molar-refractivity contribution >= 4 is 12.7 Å². The summed E-state index contributed by atoms with van der Waals surface area (Å²) in [5.74, 6) is 0. The predicted molar refractivity (Wildman–Crippen MR) is 43.6 cm³/mol. The summed E-state index contributed by atoms with van der Waals surface area (Å²) in [5.41, 5.74) is 2.11. The molecule has 0 bridgehead atoms. The van der Waals surface area contributed by atoms with Crippen LogP contribution in [0.4, 0.5) is 0 Å². The highest BCUT2D eigenvalue weighted by Gasteiger charge is 1.95. The van der Waals surface area contributed by atoms with Crippen LogP contribution in [0.15, 0.2) is 24.3 Å². The van der Waals surface area contributed by atoms with Gasteiger partial charge in [0, 0.05) is 0 Å². The summed E-state index contributed by atoms with van der Waals surface area (Å²) in [7, 11) is 1.99. The molecule has 1 radical (unpaired) electrons. The lowest BCUT2D eigenvalue weighted by atomic mass is 9.71. The van der Waals surface area contributed by atoms with Crippen LogP contribution in [-0.4, -0.2) is 12.4 Å². The van der Waals surface area contributed by atoms with E-state index in [0.717, 1.165) is 11.0 Å². The highest BCUT2D eigenvalue weighted by molar-refractivity contribution is 6.52. The Kier molecular flexibility index (Phi) is 2.52. The summed E-state index contributed by atoms with van der Waals surface area (Å²) in [6, 6.07) is 7.81. The second-order valence-corrected chi connectivity index (χ2v) is 2.15. The molecule has 1 aromatic carbocycles. The number of aliphatic hydroxyl groups is 1. The van der Waals surface area contributed by atoms with Crippen molar-refractivity contribution in [2.75, 3.05) is 0 Å². The summed E-state index contributed by atoms with van der Waals surface area (Å²) in [4.78, 5) is 0. The van der Waals surface area contributed by atoms with Crippen LogP contribution in [-0.2, 0) is 6.61 Å². The molecule has 1 rings (SSSR count). The van der Waals surface area contributed by atoms with E-state index in [-0.39, 0.29) is 6.61 Å². The maximum Gasteiger partial charge on any atom is 0.148 e. The third kappa shape index (κ3) is 1.39. The highest BCUT2D eigenvalue weighted by Crippen LogP contribution is 1.93. The van der Waals surface area contributed by atoms with E-state index in [2.05, 4.69) is 0 Å². The molecule has 0 aliphatic rings. The van der Waals surface area contributed by atoms with Gasteiger partial charge in [0.2, 0.25) is 0 Å². The summed E-state index contributed by atoms with van der Waals surface area (Å²) in [6.45, 7) is 2.09. The molecule has 0 aromatic heterocycles. The quantitative estimate of drug-likeness (QED) is 0.584. The van der Waals surface area contributed by atoms with E-state index in [1.165, 1.54) is 0 Å². The highest BCUT2D eigenvalue weighted by atomic mass is 16.3. The fraction of sp³-hybridized carbons (Fsp3) is 0.250. The molecule has 10 heavy (non-hydrogen) atoms. The van der Waals surface area contributed by atoms with Crippen molar-refractivity contribution in [3.8, 4) is 0 Å². The first-order valence-corrected chi connectivity index (χ1v) is 3.36. The fourth-order valence-corrected chi connectivity index (χ4v) is 0.960. The number of benzene rings is 1. The lowest BCUT2D eigenvalue weighted by Crippen LogP contribution is -2.15. The molecule has 51 valence electrons. The molecule has 0 unspecified atom stereocenters. The van der Waals surface area contributed by atoms with E-state index in [1.807, 2.05) is 38.4 Å². The number of hydrogen-bond acceptors (Lipinski definition) is 1. The summed E-state index contributed by atoms with van der Waals surface area (Å²) >= 11 is 0. The van der Waals surface area contributed by atoms with Gasteiger partial charge in [0.15, 0.2) is 0 Å². The number of hydrogen-bond donors (Lipinski definition) is 1. The van der Waals surface area contributed by atoms with Crippen LogP contribution < -0.4 is 5.46 Å². The van der Waals surface area contributed by atoms with Crippen molar-refractivity contribution in [1.29, 1.82) is 0 Å². The van der Waals surface area contributed by atoms with Crippen molar-refractivity contribution < 1.29 is 5.11 Å². The van der Waals surface area contributed by atoms with Crippen LogP contribution in [0.5, 0.6) is 0 Å². The average molecular weight is 133 g/mol. The van der Waals surface area contributed by atoms with Crippen molar-refractivity contribution in [3.05, 3.63) is 29.8 Å². The first-order valence-electron chi connectivity index (χ1n) is 3.36. The van der Waals surface area contributed by atoms with Crippen LogP contribution in [0.3, 0.4) is 0 Å². The minimum Gasteiger partial charge on any atom is -0.392 e. The number of aliphatic hydroxyl groups excluding tert-OH is 1. The molecule has 2 heteroatoms. The molecule has 0 fully saturated rings. The lowest BCUT2D eigenvalue weighted by molar-refractivity contribution is 0.283. The molecule has 0 aliphatic carbocycles. The zero-order chi connectivity index (χ0) is 7.40. The Morgan fingerprint density at radius 3 is 2.60 bits per heavy atom. The molecule has 1 nitrogen and oxygen atoms in total. The number of rotatable bonds is 2. The topological polar surface area (TPSA) is 20.2 Å². The van der Waals surface area contributed by atoms with Crippen molar-refractivity contribution in [2.45, 2.75) is 13.4 Å². The maximum absolute atomic E-state index is 8.83. The molecular formula is C8H10BO. The Labute approximate surface area is 61.9 Å². The van der Waals surface area contributed by atoms with Gasteiger partial charge in [0.1, 0.15) is 7.28 Å². The second kappa shape index (κ2) is 3.42. The normalized spacial score (nSPS) is 9.40. The third-order valence-electron chi connectivity index (χ3n) is 1.54. The molecule has 1 aromatic rings. The molecule has 1 N–H and O–H groups in total. The molecule has 0 saturated carbocycles. The van der Waals surface area contributed by atoms with Crippen molar-refractivity contribution in [2.24, 2.45) is 0 Å². The van der Waals surface area contributed by atoms with Gasteiger partial charge in [0.25, 0.3) is 0 Å². The predicted octanol–water partition coefficient (Wildman–Crippen LogP) is 0.556. The first kappa shape index (κ1) is 7.35. The minimum atomic E-state index is 0.126. The molecule has 0 saturated heterocycles. The van der Waals surface area contributed by atoms with Gasteiger partial charge in [-0.3, -0.25) is 0 Å². The zero-order valence-electron chi connectivity index (χ0n) is 6.04. The SMILES string of the molecule is C[B]c1ccccc1CO. The monoisotopic (exact) mass is 133 g/mol. The minimum absolute atomic E-state index is 0.126. The van der Waals surface area contributed by atoms with E-state index in [0.29, 0.717) is 0 Å². The van der Waals surface area contributed by atoms with E-state index >= 15 is 0 Å². The summed E-state index contributed by atoms with van der Waals surface area (Å²) in [6.07, 6.45) is 0. The maximum atomic E-state index is 8.83. The Bertz CT molecular complexity index is 187. The van der Waals surface area contributed by atoms with Gasteiger partial charge in [-0.1, -0.05) is 36.6 Å². The Balaban J connectivity index is 2.96. The van der Waals surface area contributed by atoms with Crippen LogP contribution in [0.2, 0.25) is 6.82 Å². The van der Waals surface area contributed by atoms with Crippen LogP contribution >= 0.6 is 0 Å². The molecule has 0 amide bonds. The Hall–Kier alpha value is -0.755. The van der Waals surface area contributed by atoms with Crippen LogP contribution in [0.1, 0.15) is 5.56 Å². The van der Waals surface area contributed by atoms with Gasteiger partial charge in [-0.2, -0.15) is 0 Å². The lowest BCUT2D eigenvalue weighted by Gasteiger charge is -2.01. The van der Waals surface area contributed by atoms with Gasteiger partial charge >= 0.3 is 0 Å². The average Bonchev–Trinajstić information content (AvgIpc) is 2.04. The smallest absolute Gasteiger partial charge is 0.148 e. The second-order valence-electron chi connectivity index (χ2n) is 2.15. The molecular weight excluding hydrogens is 123 g/mol. The van der Waals surface area contributed by atoms with E-state index in [1.54, 1.807) is 0 Å². The zero-order valence-corrected chi connectivity index (χ0v) is 6.04. The van der Waals surface area contributed by atoms with Gasteiger partial charge in [-0.05, 0) is 5.56 Å². The third-order valence-corrected chi connectivity index (χ3v) is 1.54. The Morgan fingerprint density at radius 1 is 1.40 bits per heavy atom. The van der Waals surface area contributed by atoms with E-state index in [4.69, 9.17) is 5.11 Å². The van der Waals surface area contributed by atoms with Crippen LogP contribution in [0.25, 0.3) is 0 Å². The first-order chi connectivity index (χ1) is 4.88. The fourth-order valence-electron chi connectivity index (χ4n) is 0.960.